The topological polar surface area (TPSA) is 0 Å². The second-order valence-corrected chi connectivity index (χ2v) is 14.2. The summed E-state index contributed by atoms with van der Waals surface area (Å²) in [6.45, 7) is 0. The average Bonchev–Trinajstić information content (AvgIpc) is 2.36. The molecule has 1 aromatic rings. The zero-order valence-electron chi connectivity index (χ0n) is 6.48. The van der Waals surface area contributed by atoms with Gasteiger partial charge in [-0.2, -0.15) is 17.3 Å². The van der Waals surface area contributed by atoms with Crippen molar-refractivity contribution in [1.82, 2.24) is 0 Å². The van der Waals surface area contributed by atoms with Gasteiger partial charge in [0.2, 0.25) is 0 Å². The van der Waals surface area contributed by atoms with E-state index in [9.17, 15) is 0 Å². The summed E-state index contributed by atoms with van der Waals surface area (Å²) in [6, 6.07) is 8.17. The molecule has 0 spiro atoms. The molecule has 0 atom stereocenters. The van der Waals surface area contributed by atoms with E-state index in [1.165, 1.54) is 5.19 Å². The van der Waals surface area contributed by atoms with Crippen LogP contribution in [0.1, 0.15) is 0 Å². The van der Waals surface area contributed by atoms with Gasteiger partial charge in [0.1, 0.15) is 0 Å². The van der Waals surface area contributed by atoms with Crippen LogP contribution in [-0.4, -0.2) is 14.0 Å². The normalized spacial score (nSPS) is 10.3. The first-order valence-corrected chi connectivity index (χ1v) is 12.2. The Kier molecular flexibility index (Phi) is 10.2. The molecule has 0 fully saturated rings. The second-order valence-electron chi connectivity index (χ2n) is 2.10. The standard InChI is InChI=1S/C6H7Cl2Si.3ClH.Ti/c7-6(8)9-5-3-1-2-4-5;;;;/h1-4,6H,9H2;3*1H;/q-1;;;;+4/p-3. The minimum absolute atomic E-state index is 0.132. The predicted molar refractivity (Wildman–Crippen MR) is 63.3 cm³/mol. The van der Waals surface area contributed by atoms with Crippen LogP contribution in [0.2, 0.25) is 0 Å². The first kappa shape index (κ1) is 14.7. The summed E-state index contributed by atoms with van der Waals surface area (Å²) < 4.78 is -0.132. The molecular weight excluding hydrogens is 325 g/mol. The van der Waals surface area contributed by atoms with Crippen molar-refractivity contribution >= 4 is 65.8 Å². The van der Waals surface area contributed by atoms with Crippen molar-refractivity contribution in [2.24, 2.45) is 0 Å². The Hall–Kier alpha value is 1.73. The molecule has 1 aromatic carbocycles. The third kappa shape index (κ3) is 11.7. The summed E-state index contributed by atoms with van der Waals surface area (Å²) in [6.07, 6.45) is 0. The molecule has 0 amide bonds. The summed E-state index contributed by atoms with van der Waals surface area (Å²) >= 11 is 9.28. The first-order chi connectivity index (χ1) is 6.02. The molecule has 0 unspecified atom stereocenters. The molecule has 0 aromatic heterocycles. The number of hydrogen-bond acceptors (Lipinski definition) is 0. The Labute approximate surface area is 108 Å². The quantitative estimate of drug-likeness (QED) is 0.444. The van der Waals surface area contributed by atoms with Crippen LogP contribution in [0.25, 0.3) is 0 Å². The third-order valence-electron chi connectivity index (χ3n) is 1.12. The van der Waals surface area contributed by atoms with E-state index in [1.54, 1.807) is 0 Å². The van der Waals surface area contributed by atoms with Crippen LogP contribution >= 0.6 is 51.1 Å². The van der Waals surface area contributed by atoms with E-state index in [0.717, 1.165) is 0 Å². The molecule has 0 N–H and O–H groups in total. The molecule has 13 heavy (non-hydrogen) atoms. The Morgan fingerprint density at radius 1 is 1.08 bits per heavy atom. The molecule has 7 heteroatoms. The van der Waals surface area contributed by atoms with Crippen molar-refractivity contribution in [2.75, 3.05) is 0 Å². The number of halogens is 5. The maximum atomic E-state index is 5.60. The van der Waals surface area contributed by atoms with Gasteiger partial charge in [0.05, 0.1) is 4.46 Å². The van der Waals surface area contributed by atoms with Gasteiger partial charge in [0.15, 0.2) is 0 Å². The van der Waals surface area contributed by atoms with Crippen LogP contribution < -0.4 is 5.19 Å². The van der Waals surface area contributed by atoms with E-state index in [0.29, 0.717) is 0 Å². The van der Waals surface area contributed by atoms with Gasteiger partial charge in [-0.15, -0.1) is 23.2 Å². The predicted octanol–water partition coefficient (Wildman–Crippen LogP) is 3.03. The molecule has 0 heterocycles. The van der Waals surface area contributed by atoms with Crippen LogP contribution in [0.4, 0.5) is 0 Å². The third-order valence-corrected chi connectivity index (χ3v) is 3.30. The molecule has 0 aliphatic carbocycles. The van der Waals surface area contributed by atoms with Gasteiger partial charge in [0, 0.05) is 9.52 Å². The summed E-state index contributed by atoms with van der Waals surface area (Å²) in [7, 11) is 14.5. The van der Waals surface area contributed by atoms with Crippen LogP contribution in [0.3, 0.4) is 0 Å². The molecule has 0 saturated carbocycles. The Bertz CT molecular complexity index is 198. The fourth-order valence-electron chi connectivity index (χ4n) is 0.728. The fraction of sp³-hybridized carbons (Fsp3) is 0.167. The Morgan fingerprint density at radius 2 is 1.46 bits per heavy atom. The molecule has 1 rings (SSSR count). The van der Waals surface area contributed by atoms with Gasteiger partial charge in [-0.1, -0.05) is 0 Å². The maximum absolute atomic E-state index is 5.60. The second kappa shape index (κ2) is 8.99. The summed E-state index contributed by atoms with van der Waals surface area (Å²) in [5, 5.41) is 1.34. The van der Waals surface area contributed by atoms with Gasteiger partial charge in [-0.25, -0.2) is 12.1 Å². The van der Waals surface area contributed by atoms with Crippen molar-refractivity contribution in [1.29, 1.82) is 0 Å². The minimum atomic E-state index is -1.92. The number of rotatable bonds is 2. The summed E-state index contributed by atoms with van der Waals surface area (Å²) in [5.41, 5.74) is 0. The fourth-order valence-corrected chi connectivity index (χ4v) is 2.70. The number of hydrogen-bond donors (Lipinski definition) is 0. The Balaban J connectivity index is 0.000000310. The van der Waals surface area contributed by atoms with Gasteiger partial charge in [-0.3, -0.25) is 0 Å². The SMILES string of the molecule is ClC(Cl)[SiH2][c-]1cccc1.[Cl][Ti+]([Cl])[Cl]. The van der Waals surface area contributed by atoms with E-state index < -0.39 is 24.2 Å². The van der Waals surface area contributed by atoms with Crippen molar-refractivity contribution in [3.05, 3.63) is 24.3 Å². The molecule has 74 valence electrons. The summed E-state index contributed by atoms with van der Waals surface area (Å²) in [4.78, 5) is 0. The van der Waals surface area contributed by atoms with E-state index in [-0.39, 0.29) is 4.46 Å². The summed E-state index contributed by atoms with van der Waals surface area (Å²) in [5.74, 6) is 0. The van der Waals surface area contributed by atoms with Crippen molar-refractivity contribution in [2.45, 2.75) is 4.46 Å². The van der Waals surface area contributed by atoms with Gasteiger partial charge >= 0.3 is 42.6 Å². The zero-order valence-corrected chi connectivity index (χ0v) is 13.2. The zero-order chi connectivity index (χ0) is 10.3. The number of alkyl halides is 2. The van der Waals surface area contributed by atoms with Gasteiger partial charge in [-0.05, 0) is 0 Å². The van der Waals surface area contributed by atoms with Crippen molar-refractivity contribution in [3.63, 3.8) is 0 Å². The molecule has 0 radical (unpaired) electrons. The van der Waals surface area contributed by atoms with Crippen molar-refractivity contribution in [3.8, 4) is 0 Å². The average molecular weight is 332 g/mol. The molecule has 0 aliphatic heterocycles. The monoisotopic (exact) mass is 330 g/mol. The molecule has 0 bridgehead atoms. The molecule has 0 saturated heterocycles. The van der Waals surface area contributed by atoms with E-state index >= 15 is 0 Å². The van der Waals surface area contributed by atoms with Gasteiger partial charge in [0.25, 0.3) is 0 Å². The van der Waals surface area contributed by atoms with Crippen LogP contribution in [0, 0.1) is 0 Å². The Morgan fingerprint density at radius 3 is 1.77 bits per heavy atom. The van der Waals surface area contributed by atoms with E-state index in [2.05, 4.69) is 12.1 Å². The molecule has 0 aliphatic rings. The molecule has 0 nitrogen and oxygen atoms in total. The van der Waals surface area contributed by atoms with Crippen LogP contribution in [-0.2, 0) is 14.7 Å². The van der Waals surface area contributed by atoms with E-state index in [1.807, 2.05) is 12.1 Å². The van der Waals surface area contributed by atoms with E-state index in [4.69, 9.17) is 51.1 Å². The van der Waals surface area contributed by atoms with Gasteiger partial charge < -0.3 is 0 Å². The molecular formula is C6H7Cl5SiTi. The first-order valence-electron chi connectivity index (χ1n) is 3.34. The van der Waals surface area contributed by atoms with Crippen molar-refractivity contribution < 1.29 is 14.7 Å². The van der Waals surface area contributed by atoms with Crippen LogP contribution in [0.15, 0.2) is 24.3 Å². The van der Waals surface area contributed by atoms with Crippen LogP contribution in [0.5, 0.6) is 0 Å².